The van der Waals surface area contributed by atoms with Gasteiger partial charge in [0.1, 0.15) is 5.84 Å². The number of fused-ring (bicyclic) bond motifs is 6. The fourth-order valence-electron chi connectivity index (χ4n) is 10.8. The first-order valence-corrected chi connectivity index (χ1v) is 22.4. The Morgan fingerprint density at radius 3 is 2.31 bits per heavy atom. The number of allylic oxidation sites excluding steroid dienone is 11. The van der Waals surface area contributed by atoms with Crippen molar-refractivity contribution in [1.82, 2.24) is 9.88 Å². The molecule has 3 atom stereocenters. The number of benzene rings is 5. The van der Waals surface area contributed by atoms with Gasteiger partial charge >= 0.3 is 0 Å². The predicted octanol–water partition coefficient (Wildman–Crippen LogP) is 13.7. The molecule has 0 bridgehead atoms. The highest BCUT2D eigenvalue weighted by atomic mass is 15.2. The summed E-state index contributed by atoms with van der Waals surface area (Å²) >= 11 is 0. The van der Waals surface area contributed by atoms with E-state index in [4.69, 9.17) is 4.99 Å². The molecule has 1 N–H and O–H groups in total. The van der Waals surface area contributed by atoms with Gasteiger partial charge in [0, 0.05) is 45.1 Å². The summed E-state index contributed by atoms with van der Waals surface area (Å²) in [6.45, 7) is 0. The topological polar surface area (TPSA) is 32.6 Å². The van der Waals surface area contributed by atoms with Gasteiger partial charge < -0.3 is 14.8 Å². The number of hydrogen-bond acceptors (Lipinski definition) is 3. The van der Waals surface area contributed by atoms with E-state index in [0.717, 1.165) is 55.6 Å². The Bertz CT molecular complexity index is 3070. The largest absolute Gasteiger partial charge is 0.359 e. The molecule has 6 aromatic rings. The van der Waals surface area contributed by atoms with Crippen molar-refractivity contribution in [3.8, 4) is 16.8 Å². The lowest BCUT2D eigenvalue weighted by atomic mass is 9.85. The van der Waals surface area contributed by atoms with Crippen LogP contribution in [0.25, 0.3) is 39.4 Å². The molecule has 1 aromatic heterocycles. The summed E-state index contributed by atoms with van der Waals surface area (Å²) in [6.07, 6.45) is 33.7. The molecule has 6 aliphatic rings. The zero-order chi connectivity index (χ0) is 41.0. The molecule has 5 aromatic carbocycles. The Kier molecular flexibility index (Phi) is 9.10. The lowest BCUT2D eigenvalue weighted by molar-refractivity contribution is 0.721. The molecule has 0 spiro atoms. The third-order valence-corrected chi connectivity index (χ3v) is 13.6. The SMILES string of the molecule is C1=CCCC(C2=CC(c3ccccc3)NC(c3ccccc3-c3ccc4c(c3)c3c(n4-c4ccccc4C4=C5C(CC=C4)c4ccccc4N5C4C=CC=CC4)C=CCC3)=N2)=C1. The number of para-hydroxylation sites is 2. The average molecular weight is 801 g/mol. The second-order valence-electron chi connectivity index (χ2n) is 17.2. The molecule has 2 aliphatic heterocycles. The summed E-state index contributed by atoms with van der Waals surface area (Å²) in [4.78, 5) is 8.02. The van der Waals surface area contributed by atoms with Crippen LogP contribution in [0.2, 0.25) is 0 Å². The number of aromatic nitrogens is 1. The maximum absolute atomic E-state index is 5.37. The first-order chi connectivity index (χ1) is 30.8. The molecule has 62 heavy (non-hydrogen) atoms. The molecule has 0 saturated carbocycles. The van der Waals surface area contributed by atoms with Crippen LogP contribution < -0.4 is 10.2 Å². The van der Waals surface area contributed by atoms with Crippen molar-refractivity contribution < 1.29 is 0 Å². The van der Waals surface area contributed by atoms with Crippen LogP contribution >= 0.6 is 0 Å². The lowest BCUT2D eigenvalue weighted by Crippen LogP contribution is -2.33. The average Bonchev–Trinajstić information content (AvgIpc) is 3.87. The minimum Gasteiger partial charge on any atom is -0.359 e. The van der Waals surface area contributed by atoms with E-state index < -0.39 is 0 Å². The number of rotatable bonds is 7. The van der Waals surface area contributed by atoms with E-state index in [1.165, 1.54) is 78.2 Å². The van der Waals surface area contributed by atoms with Crippen LogP contribution in [0.1, 0.15) is 77.6 Å². The van der Waals surface area contributed by atoms with E-state index >= 15 is 0 Å². The predicted molar refractivity (Wildman–Crippen MR) is 258 cm³/mol. The number of hydrogen-bond donors (Lipinski definition) is 1. The molecule has 0 fully saturated rings. The highest BCUT2D eigenvalue weighted by molar-refractivity contribution is 6.07. The van der Waals surface area contributed by atoms with Gasteiger partial charge in [0.25, 0.3) is 0 Å². The highest BCUT2D eigenvalue weighted by Gasteiger charge is 2.39. The number of anilines is 1. The second-order valence-corrected chi connectivity index (χ2v) is 17.2. The lowest BCUT2D eigenvalue weighted by Gasteiger charge is -2.34. The Morgan fingerprint density at radius 2 is 1.45 bits per heavy atom. The normalized spacial score (nSPS) is 21.0. The Labute approximate surface area is 364 Å². The van der Waals surface area contributed by atoms with E-state index in [1.807, 2.05) is 0 Å². The summed E-state index contributed by atoms with van der Waals surface area (Å²) in [5, 5.41) is 5.17. The summed E-state index contributed by atoms with van der Waals surface area (Å²) in [5.74, 6) is 1.24. The molecule has 300 valence electrons. The van der Waals surface area contributed by atoms with Crippen molar-refractivity contribution in [2.24, 2.45) is 4.99 Å². The first kappa shape index (κ1) is 36.7. The summed E-state index contributed by atoms with van der Waals surface area (Å²) in [5.41, 5.74) is 19.0. The number of aliphatic imine (C=N–C) groups is 1. The summed E-state index contributed by atoms with van der Waals surface area (Å²) < 4.78 is 2.55. The van der Waals surface area contributed by atoms with Gasteiger partial charge in [-0.05, 0) is 108 Å². The third kappa shape index (κ3) is 6.16. The van der Waals surface area contributed by atoms with Crippen LogP contribution in [0, 0.1) is 0 Å². The molecular formula is C58H48N4. The van der Waals surface area contributed by atoms with Crippen molar-refractivity contribution in [3.63, 3.8) is 0 Å². The molecule has 12 rings (SSSR count). The first-order valence-electron chi connectivity index (χ1n) is 22.4. The van der Waals surface area contributed by atoms with Gasteiger partial charge in [-0.25, -0.2) is 4.99 Å². The van der Waals surface area contributed by atoms with Gasteiger partial charge in [-0.1, -0.05) is 158 Å². The van der Waals surface area contributed by atoms with E-state index in [1.54, 1.807) is 0 Å². The quantitative estimate of drug-likeness (QED) is 0.174. The standard InChI is InChI=1S/C58H48N4/c1-4-19-39(20-5-1)51-38-52(40-21-6-2-7-22-40)60-58(59-51)49-29-11-10-25-43(49)41-35-36-56-50(37-41)46-28-14-17-34-55(46)62(56)54-33-16-13-27-45(54)48-31-18-30-47-44-26-12-15-32-53(44)61(57(47)48)42-23-8-3-9-24-42/h1-6,8-13,15-21,23,25-27,29,31-38,42,47,51H,7,14,22,24,28,30H2,(H,59,60). The minimum absolute atomic E-state index is 0.0146. The van der Waals surface area contributed by atoms with Crippen molar-refractivity contribution in [2.75, 3.05) is 4.90 Å². The zero-order valence-electron chi connectivity index (χ0n) is 34.8. The van der Waals surface area contributed by atoms with Crippen LogP contribution in [-0.4, -0.2) is 16.4 Å². The van der Waals surface area contributed by atoms with Gasteiger partial charge in [-0.2, -0.15) is 0 Å². The maximum Gasteiger partial charge on any atom is 0.135 e. The molecule has 4 nitrogen and oxygen atoms in total. The summed E-state index contributed by atoms with van der Waals surface area (Å²) in [6, 6.07) is 45.2. The highest BCUT2D eigenvalue weighted by Crippen LogP contribution is 2.53. The van der Waals surface area contributed by atoms with Gasteiger partial charge in [0.05, 0.1) is 29.0 Å². The zero-order valence-corrected chi connectivity index (χ0v) is 34.8. The van der Waals surface area contributed by atoms with Crippen LogP contribution in [0.15, 0.2) is 210 Å². The van der Waals surface area contributed by atoms with Gasteiger partial charge in [-0.3, -0.25) is 0 Å². The number of amidine groups is 1. The van der Waals surface area contributed by atoms with E-state index in [-0.39, 0.29) is 12.1 Å². The Morgan fingerprint density at radius 1 is 0.645 bits per heavy atom. The molecule has 4 aliphatic carbocycles. The Balaban J connectivity index is 0.992. The molecule has 0 saturated heterocycles. The second kappa shape index (κ2) is 15.4. The summed E-state index contributed by atoms with van der Waals surface area (Å²) in [7, 11) is 0. The fraction of sp³-hybridized carbons (Fsp3) is 0.155. The van der Waals surface area contributed by atoms with E-state index in [2.05, 4.69) is 209 Å². The number of nitrogens with zero attached hydrogens (tertiary/aromatic N) is 3. The van der Waals surface area contributed by atoms with Crippen LogP contribution in [0.4, 0.5) is 5.69 Å². The van der Waals surface area contributed by atoms with Crippen molar-refractivity contribution in [3.05, 3.63) is 239 Å². The molecular weight excluding hydrogens is 753 g/mol. The number of nitrogens with one attached hydrogen (secondary N) is 1. The van der Waals surface area contributed by atoms with Gasteiger partial charge in [0.15, 0.2) is 0 Å². The molecule has 3 unspecified atom stereocenters. The Hall–Kier alpha value is -7.17. The monoisotopic (exact) mass is 800 g/mol. The van der Waals surface area contributed by atoms with E-state index in [0.29, 0.717) is 5.92 Å². The van der Waals surface area contributed by atoms with Crippen LogP contribution in [-0.2, 0) is 6.42 Å². The van der Waals surface area contributed by atoms with E-state index in [9.17, 15) is 0 Å². The molecule has 3 heterocycles. The minimum atomic E-state index is 0.0146. The smallest absolute Gasteiger partial charge is 0.135 e. The number of aryl methyl sites for hydroxylation is 1. The van der Waals surface area contributed by atoms with Gasteiger partial charge in [0.2, 0.25) is 0 Å². The van der Waals surface area contributed by atoms with Crippen molar-refractivity contribution in [1.29, 1.82) is 0 Å². The van der Waals surface area contributed by atoms with Gasteiger partial charge in [-0.15, -0.1) is 0 Å². The van der Waals surface area contributed by atoms with Crippen molar-refractivity contribution in [2.45, 2.75) is 56.5 Å². The third-order valence-electron chi connectivity index (χ3n) is 13.6. The van der Waals surface area contributed by atoms with Crippen LogP contribution in [0.5, 0.6) is 0 Å². The molecule has 4 heteroatoms. The fourth-order valence-corrected chi connectivity index (χ4v) is 10.8. The van der Waals surface area contributed by atoms with Crippen LogP contribution in [0.3, 0.4) is 0 Å². The molecule has 0 amide bonds. The molecule has 0 radical (unpaired) electrons. The maximum atomic E-state index is 5.37. The van der Waals surface area contributed by atoms with Crippen molar-refractivity contribution >= 4 is 34.1 Å².